The molecule has 0 saturated heterocycles. The number of hydrogen-bond donors (Lipinski definition) is 0. The minimum absolute atomic E-state index is 0. The predicted molar refractivity (Wildman–Crippen MR) is 21.4 cm³/mol. The van der Waals surface area contributed by atoms with Crippen LogP contribution in [0, 0.1) is 0 Å². The van der Waals surface area contributed by atoms with Crippen LogP contribution in [-0.4, -0.2) is 27.5 Å². The van der Waals surface area contributed by atoms with Crippen molar-refractivity contribution in [3.8, 4) is 0 Å². The average Bonchev–Trinajstić information content (AvgIpc) is 1.54. The molecule has 0 aromatic rings. The zero-order valence-electron chi connectivity index (χ0n) is 8.03. The second kappa shape index (κ2) is 61.9. The standard InChI is InChI=1S/4Cr.3O3Si.3O/c;;;;3*1-4(2)3;;;/q4*+3;6*-2. The Balaban J connectivity index is -0.00000000675. The Kier molecular flexibility index (Phi) is 237. The Morgan fingerprint density at radius 3 is 0.421 bits per heavy atom. The predicted octanol–water partition coefficient (Wildman–Crippen LogP) is -9.00. The van der Waals surface area contributed by atoms with Gasteiger partial charge in [-0.15, -0.1) is 0 Å². The fraction of sp³-hybridized carbons (Fsp3) is 0. The van der Waals surface area contributed by atoms with Crippen molar-refractivity contribution in [2.24, 2.45) is 0 Å². The third-order valence-corrected chi connectivity index (χ3v) is 0. The molecule has 0 aromatic heterocycles. The van der Waals surface area contributed by atoms with Gasteiger partial charge in [-0.3, -0.25) is 0 Å². The van der Waals surface area contributed by atoms with Gasteiger partial charge in [0.15, 0.2) is 0 Å². The van der Waals surface area contributed by atoms with Crippen molar-refractivity contribution in [2.75, 3.05) is 0 Å². The molecule has 0 fully saturated rings. The van der Waals surface area contributed by atoms with Crippen molar-refractivity contribution < 1.29 is 128 Å². The zero-order chi connectivity index (χ0) is 10.7. The molecule has 0 bridgehead atoms. The van der Waals surface area contributed by atoms with Crippen molar-refractivity contribution in [1.29, 1.82) is 0 Å². The Labute approximate surface area is 154 Å². The van der Waals surface area contributed by atoms with Crippen LogP contribution < -0.4 is 28.8 Å². The van der Waals surface area contributed by atoms with E-state index in [0.717, 1.165) is 0 Å². The van der Waals surface area contributed by atoms with Crippen molar-refractivity contribution in [2.45, 2.75) is 0 Å². The van der Waals surface area contributed by atoms with E-state index >= 15 is 0 Å². The first-order valence-corrected chi connectivity index (χ1v) is 5.51. The molecule has 108 valence electrons. The van der Waals surface area contributed by atoms with Crippen molar-refractivity contribution >= 4 is 27.5 Å². The monoisotopic (exact) mass is 484 g/mol. The van der Waals surface area contributed by atoms with Gasteiger partial charge in [-0.2, -0.15) is 0 Å². The summed E-state index contributed by atoms with van der Waals surface area (Å²) in [6, 6.07) is 0. The van der Waals surface area contributed by atoms with Gasteiger partial charge in [0.25, 0.3) is 0 Å². The topological polar surface area (TPSA) is 275 Å². The Morgan fingerprint density at radius 1 is 0.421 bits per heavy atom. The maximum Gasteiger partial charge on any atom is 3.00 e. The molecule has 19 heteroatoms. The average molecular weight is 484 g/mol. The van der Waals surface area contributed by atoms with Gasteiger partial charge in [0, 0.05) is 27.5 Å². The first-order chi connectivity index (χ1) is 5.20. The van der Waals surface area contributed by atoms with E-state index in [4.69, 9.17) is 42.2 Å². The molecule has 0 aliphatic heterocycles. The smallest absolute Gasteiger partial charge is 2.00 e. The van der Waals surface area contributed by atoms with E-state index < -0.39 is 27.5 Å². The van der Waals surface area contributed by atoms with Gasteiger partial charge in [-0.25, -0.2) is 0 Å². The van der Waals surface area contributed by atoms with E-state index in [1.54, 1.807) is 0 Å². The normalized spacial score (nSPS) is 3.79. The van der Waals surface area contributed by atoms with Crippen LogP contribution in [0.5, 0.6) is 0 Å². The molecule has 0 amide bonds. The summed E-state index contributed by atoms with van der Waals surface area (Å²) in [5.74, 6) is 0. The van der Waals surface area contributed by atoms with Gasteiger partial charge >= 0.3 is 69.4 Å². The van der Waals surface area contributed by atoms with Crippen LogP contribution in [0.4, 0.5) is 0 Å². The van der Waals surface area contributed by atoms with Gasteiger partial charge in [0.05, 0.1) is 0 Å². The van der Waals surface area contributed by atoms with E-state index in [2.05, 4.69) is 0 Å². The van der Waals surface area contributed by atoms with E-state index in [1.807, 2.05) is 0 Å². The van der Waals surface area contributed by atoms with E-state index in [-0.39, 0.29) is 85.9 Å². The fourth-order valence-electron chi connectivity index (χ4n) is 0. The summed E-state index contributed by atoms with van der Waals surface area (Å²) in [5, 5.41) is 0. The first kappa shape index (κ1) is 72.7. The minimum Gasteiger partial charge on any atom is -2.00 e. The van der Waals surface area contributed by atoms with E-state index in [0.29, 0.717) is 0 Å². The van der Waals surface area contributed by atoms with E-state index in [9.17, 15) is 0 Å². The molecule has 4 radical (unpaired) electrons. The maximum absolute atomic E-state index is 8.52. The van der Waals surface area contributed by atoms with Gasteiger partial charge in [0.1, 0.15) is 0 Å². The Bertz CT molecular complexity index is 123. The van der Waals surface area contributed by atoms with Crippen LogP contribution in [0.25, 0.3) is 0 Å². The number of hydrogen-bond acceptors (Lipinski definition) is 9. The molecule has 0 saturated carbocycles. The summed E-state index contributed by atoms with van der Waals surface area (Å²) < 4.78 is 25.6. The molecule has 0 rings (SSSR count). The third kappa shape index (κ3) is 7240. The Morgan fingerprint density at radius 2 is 0.421 bits per heavy atom. The van der Waals surface area contributed by atoms with Crippen LogP contribution >= 0.6 is 0 Å². The van der Waals surface area contributed by atoms with Crippen molar-refractivity contribution in [1.82, 2.24) is 0 Å². The van der Waals surface area contributed by atoms with Crippen LogP contribution in [-0.2, 0) is 99.3 Å². The third-order valence-electron chi connectivity index (χ3n) is 0. The molecule has 0 atom stereocenters. The second-order valence-corrected chi connectivity index (χ2v) is 2.25. The molecule has 12 nitrogen and oxygen atoms in total. The summed E-state index contributed by atoms with van der Waals surface area (Å²) in [4.78, 5) is 51.1. The fourth-order valence-corrected chi connectivity index (χ4v) is 0. The summed E-state index contributed by atoms with van der Waals surface area (Å²) in [6.07, 6.45) is 0. The van der Waals surface area contributed by atoms with Crippen LogP contribution in [0.3, 0.4) is 0 Å². The molecule has 0 aliphatic carbocycles. The molecule has 0 N–H and O–H groups in total. The van der Waals surface area contributed by atoms with Crippen molar-refractivity contribution in [3.05, 3.63) is 0 Å². The van der Waals surface area contributed by atoms with Gasteiger partial charge < -0.3 is 58.6 Å². The Hall–Kier alpha value is 0.861. The molecule has 0 aliphatic rings. The molecule has 0 heterocycles. The quantitative estimate of drug-likeness (QED) is 0.295. The maximum atomic E-state index is 8.52. The van der Waals surface area contributed by atoms with Gasteiger partial charge in [0.2, 0.25) is 0 Å². The summed E-state index contributed by atoms with van der Waals surface area (Å²) in [7, 11) is -10.9. The van der Waals surface area contributed by atoms with Crippen LogP contribution in [0.1, 0.15) is 0 Å². The second-order valence-electron chi connectivity index (χ2n) is 0.750. The van der Waals surface area contributed by atoms with E-state index in [1.165, 1.54) is 0 Å². The molecular formula is Cr4O12Si3. The van der Waals surface area contributed by atoms with Gasteiger partial charge in [-0.1, -0.05) is 0 Å². The van der Waals surface area contributed by atoms with Gasteiger partial charge in [-0.05, 0) is 0 Å². The largest absolute Gasteiger partial charge is 3.00 e. The molecule has 0 aromatic carbocycles. The molecule has 19 heavy (non-hydrogen) atoms. The molecule has 0 unspecified atom stereocenters. The van der Waals surface area contributed by atoms with Crippen molar-refractivity contribution in [3.63, 3.8) is 0 Å². The molecule has 0 spiro atoms. The summed E-state index contributed by atoms with van der Waals surface area (Å²) in [6.45, 7) is 0. The van der Waals surface area contributed by atoms with Crippen LogP contribution in [0.15, 0.2) is 0 Å². The van der Waals surface area contributed by atoms with Crippen LogP contribution in [0.2, 0.25) is 0 Å². The zero-order valence-corrected chi connectivity index (χ0v) is 16.1. The number of rotatable bonds is 0. The minimum atomic E-state index is -3.63. The summed E-state index contributed by atoms with van der Waals surface area (Å²) >= 11 is 0. The molecular weight excluding hydrogens is 484 g/mol. The SMILES string of the molecule is O=[Si]([O-])[O-].O=[Si]([O-])[O-].O=[Si]([O-])[O-].[Cr+3].[Cr+3].[Cr+3].[Cr+3].[O-2].[O-2].[O-2]. The summed E-state index contributed by atoms with van der Waals surface area (Å²) in [5.41, 5.74) is 0. The first-order valence-electron chi connectivity index (χ1n) is 1.84.